The van der Waals surface area contributed by atoms with Crippen molar-refractivity contribution in [3.05, 3.63) is 151 Å². The van der Waals surface area contributed by atoms with Crippen molar-refractivity contribution in [3.63, 3.8) is 0 Å². The minimum atomic E-state index is -0.109. The molecule has 57 heavy (non-hydrogen) atoms. The molecule has 0 saturated carbocycles. The van der Waals surface area contributed by atoms with Gasteiger partial charge in [0.2, 0.25) is 5.95 Å². The molecule has 0 saturated heterocycles. The number of rotatable bonds is 9. The van der Waals surface area contributed by atoms with Crippen LogP contribution in [-0.2, 0) is 47.5 Å². The smallest absolute Gasteiger partial charge is 0.503 e. The molecule has 0 amide bonds. The Balaban J connectivity index is 0.00000275. The van der Waals surface area contributed by atoms with Crippen molar-refractivity contribution in [1.82, 2.24) is 24.5 Å². The molecule has 4 aromatic carbocycles. The van der Waals surface area contributed by atoms with Gasteiger partial charge in [0.15, 0.2) is 0 Å². The van der Waals surface area contributed by atoms with E-state index in [0.717, 1.165) is 61.0 Å². The number of hydrogen-bond acceptors (Lipinski definition) is 6. The van der Waals surface area contributed by atoms with Crippen LogP contribution in [0.2, 0.25) is 0 Å². The molecular weight excluding hydrogens is 1070 g/mol. The molecule has 8 aromatic rings. The summed E-state index contributed by atoms with van der Waals surface area (Å²) in [5.74, 6) is 3.26. The van der Waals surface area contributed by atoms with Gasteiger partial charge < -0.3 is 24.0 Å². The van der Waals surface area contributed by atoms with E-state index in [4.69, 9.17) is 19.4 Å². The Bertz CT molecular complexity index is 2480. The Labute approximate surface area is 363 Å². The van der Waals surface area contributed by atoms with Gasteiger partial charge in [-0.3, -0.25) is 0 Å². The molecule has 0 radical (unpaired) electrons. The van der Waals surface area contributed by atoms with Crippen LogP contribution in [0.3, 0.4) is 0 Å². The monoisotopic (exact) mass is 1110 g/mol. The number of hydrogen-bond donors (Lipinski definition) is 0. The van der Waals surface area contributed by atoms with Crippen LogP contribution in [-0.4, -0.2) is 24.5 Å². The Morgan fingerprint density at radius 2 is 1.00 bits per heavy atom. The maximum Gasteiger partial charge on any atom is 2.00 e. The van der Waals surface area contributed by atoms with E-state index >= 15 is 0 Å². The molecule has 290 valence electrons. The van der Waals surface area contributed by atoms with E-state index in [2.05, 4.69) is 107 Å². The van der Waals surface area contributed by atoms with Crippen molar-refractivity contribution in [2.45, 2.75) is 65.7 Å². The Hall–Kier alpha value is -4.96. The molecule has 0 fully saturated rings. The van der Waals surface area contributed by atoms with Gasteiger partial charge in [0, 0.05) is 47.8 Å². The molecule has 0 spiro atoms. The predicted molar refractivity (Wildman–Crippen MR) is 218 cm³/mol. The molecule has 4 aromatic heterocycles. The Morgan fingerprint density at radius 3 is 1.39 bits per heavy atom. The van der Waals surface area contributed by atoms with Gasteiger partial charge in [-0.2, -0.15) is 22.9 Å². The van der Waals surface area contributed by atoms with E-state index < -0.39 is 0 Å². The summed E-state index contributed by atoms with van der Waals surface area (Å²) in [5.41, 5.74) is 7.87. The average Bonchev–Trinajstić information content (AvgIpc) is 3.50. The molecule has 0 N–H and O–H groups in total. The maximum atomic E-state index is 6.64. The van der Waals surface area contributed by atoms with E-state index in [1.807, 2.05) is 77.6 Å². The molecule has 0 unspecified atom stereocenters. The van der Waals surface area contributed by atoms with Gasteiger partial charge in [0.05, 0.1) is 0 Å². The average molecular weight is 1110 g/mol. The van der Waals surface area contributed by atoms with Crippen molar-refractivity contribution in [1.29, 1.82) is 0 Å². The van der Waals surface area contributed by atoms with Gasteiger partial charge >= 0.3 is 42.1 Å². The molecule has 0 bridgehead atoms. The number of pyridine rings is 2. The minimum absolute atomic E-state index is 0. The van der Waals surface area contributed by atoms with E-state index in [0.29, 0.717) is 28.9 Å². The van der Waals surface area contributed by atoms with Gasteiger partial charge in [0.1, 0.15) is 0 Å². The van der Waals surface area contributed by atoms with Crippen molar-refractivity contribution < 1.29 is 51.6 Å². The van der Waals surface area contributed by atoms with Crippen LogP contribution in [0, 0.1) is 24.3 Å². The first-order valence-electron chi connectivity index (χ1n) is 18.6. The fourth-order valence-corrected chi connectivity index (χ4v) is 6.58. The summed E-state index contributed by atoms with van der Waals surface area (Å²) in [5, 5.41) is 1.91. The summed E-state index contributed by atoms with van der Waals surface area (Å²) in [6.07, 6.45) is 7.34. The van der Waals surface area contributed by atoms with Crippen LogP contribution < -0.4 is 9.47 Å². The third-order valence-electron chi connectivity index (χ3n) is 9.67. The standard InChI is InChI=1S/C48H41N5O2.2Pt/c1-30(2)37-18-14-32(41-12-8-10-22-49-41)24-45(37)54-35-16-20-39-40-21-17-36(55-46-25-33(15-19-38(46)31(3)4)42-13-9-11-23-50-42)27-44(40)53(43(39)26-35)47-51-28-34(29-52-47)48(5,6)7;;/h8-23,28-31H,1-7H3;;/q-4;2*+2. The Morgan fingerprint density at radius 1 is 0.544 bits per heavy atom. The second-order valence-electron chi connectivity index (χ2n) is 15.3. The quantitative estimate of drug-likeness (QED) is 0.134. The predicted octanol–water partition coefficient (Wildman–Crippen LogP) is 12.0. The number of aromatic nitrogens is 5. The van der Waals surface area contributed by atoms with E-state index in [9.17, 15) is 0 Å². The molecule has 0 atom stereocenters. The van der Waals surface area contributed by atoms with Crippen LogP contribution in [0.5, 0.6) is 23.0 Å². The number of nitrogens with zero attached hydrogens (tertiary/aromatic N) is 5. The third kappa shape index (κ3) is 8.66. The van der Waals surface area contributed by atoms with Crippen LogP contribution in [0.25, 0.3) is 50.3 Å². The third-order valence-corrected chi connectivity index (χ3v) is 9.67. The van der Waals surface area contributed by atoms with Gasteiger partial charge in [-0.15, -0.1) is 59.7 Å². The minimum Gasteiger partial charge on any atom is -0.503 e. The molecule has 7 nitrogen and oxygen atoms in total. The molecule has 0 aliphatic carbocycles. The summed E-state index contributed by atoms with van der Waals surface area (Å²) in [7, 11) is 0. The number of benzene rings is 4. The van der Waals surface area contributed by atoms with E-state index in [-0.39, 0.29) is 59.4 Å². The van der Waals surface area contributed by atoms with E-state index in [1.54, 1.807) is 12.4 Å². The fourth-order valence-electron chi connectivity index (χ4n) is 6.58. The molecule has 0 aliphatic heterocycles. The van der Waals surface area contributed by atoms with Crippen LogP contribution in [0.4, 0.5) is 0 Å². The maximum absolute atomic E-state index is 6.64. The summed E-state index contributed by atoms with van der Waals surface area (Å²) in [6.45, 7) is 15.0. The fraction of sp³-hybridized carbons (Fsp3) is 0.208. The zero-order chi connectivity index (χ0) is 38.3. The van der Waals surface area contributed by atoms with Crippen molar-refractivity contribution >= 4 is 21.8 Å². The number of ether oxygens (including phenoxy) is 2. The largest absolute Gasteiger partial charge is 2.00 e. The normalized spacial score (nSPS) is 11.5. The second kappa shape index (κ2) is 17.3. The van der Waals surface area contributed by atoms with E-state index in [1.165, 1.54) is 0 Å². The zero-order valence-electron chi connectivity index (χ0n) is 32.7. The second-order valence-corrected chi connectivity index (χ2v) is 15.3. The first-order valence-corrected chi connectivity index (χ1v) is 18.6. The molecule has 8 rings (SSSR count). The first-order chi connectivity index (χ1) is 26.5. The molecule has 9 heteroatoms. The van der Waals surface area contributed by atoms with Crippen molar-refractivity contribution in [2.75, 3.05) is 0 Å². The molecule has 0 aliphatic rings. The SMILES string of the molecule is CC(C)c1ccc(-c2ccccn2)[c-]c1Oc1[c-]c2c(cc1)c1ccc(Oc3[c-]c(-c4ccccn4)ccc3C(C)C)[c-]c1n2-c1ncc(C(C)(C)C)cn1.[Pt+2].[Pt+2]. The van der Waals surface area contributed by atoms with Crippen LogP contribution >= 0.6 is 0 Å². The van der Waals surface area contributed by atoms with Gasteiger partial charge in [0.25, 0.3) is 0 Å². The summed E-state index contributed by atoms with van der Waals surface area (Å²) < 4.78 is 15.3. The van der Waals surface area contributed by atoms with Gasteiger partial charge in [-0.25, -0.2) is 9.97 Å². The first kappa shape index (κ1) is 41.7. The topological polar surface area (TPSA) is 75.0 Å². The van der Waals surface area contributed by atoms with Crippen LogP contribution in [0.15, 0.2) is 110 Å². The molecular formula is C48H41N5O2Pt2. The zero-order valence-corrected chi connectivity index (χ0v) is 37.3. The summed E-state index contributed by atoms with van der Waals surface area (Å²) in [4.78, 5) is 18.8. The number of fused-ring (bicyclic) bond motifs is 3. The van der Waals surface area contributed by atoms with Crippen molar-refractivity contribution in [3.8, 4) is 51.5 Å². The van der Waals surface area contributed by atoms with Crippen LogP contribution in [0.1, 0.15) is 77.0 Å². The van der Waals surface area contributed by atoms with Crippen molar-refractivity contribution in [2.24, 2.45) is 0 Å². The summed E-state index contributed by atoms with van der Waals surface area (Å²) >= 11 is 0. The van der Waals surface area contributed by atoms with Gasteiger partial charge in [-0.05, 0) is 34.5 Å². The molecule has 4 heterocycles. The van der Waals surface area contributed by atoms with Gasteiger partial charge in [-0.1, -0.05) is 119 Å². The summed E-state index contributed by atoms with van der Waals surface area (Å²) in [6, 6.07) is 42.1. The Kier molecular flexibility index (Phi) is 12.6.